The molecule has 0 spiro atoms. The molecule has 3 aromatic rings. The van der Waals surface area contributed by atoms with E-state index in [1.807, 2.05) is 42.5 Å². The Morgan fingerprint density at radius 3 is 2.78 bits per heavy atom. The van der Waals surface area contributed by atoms with Crippen molar-refractivity contribution in [1.82, 2.24) is 20.1 Å². The van der Waals surface area contributed by atoms with Gasteiger partial charge in [-0.1, -0.05) is 18.2 Å². The molecule has 0 bridgehead atoms. The number of furan rings is 1. The van der Waals surface area contributed by atoms with E-state index in [-0.39, 0.29) is 18.1 Å². The number of carbonyl (C=O) groups excluding carboxylic acids is 1. The Labute approximate surface area is 216 Å². The fraction of sp³-hybridized carbons (Fsp3) is 0.370. The van der Waals surface area contributed by atoms with Gasteiger partial charge < -0.3 is 24.1 Å². The normalized spacial score (nSPS) is 20.4. The number of pyridine rings is 1. The highest BCUT2D eigenvalue weighted by Gasteiger charge is 2.41. The summed E-state index contributed by atoms with van der Waals surface area (Å²) in [7, 11) is 1.38. The van der Waals surface area contributed by atoms with E-state index in [9.17, 15) is 4.79 Å². The van der Waals surface area contributed by atoms with Gasteiger partial charge >= 0.3 is 5.97 Å². The second-order valence-corrected chi connectivity index (χ2v) is 9.29. The SMILES string of the molecule is COC(=O)c1cccc(-c2ccc([C@@H]3[C@@H](c4ccccn4)NC(=S)N3CCCN3CCOCC3)o2)c1. The smallest absolute Gasteiger partial charge is 0.337 e. The second kappa shape index (κ2) is 11.2. The van der Waals surface area contributed by atoms with Gasteiger partial charge in [0.05, 0.1) is 37.6 Å². The van der Waals surface area contributed by atoms with Crippen molar-refractivity contribution in [1.29, 1.82) is 0 Å². The van der Waals surface area contributed by atoms with Crippen LogP contribution in [0.4, 0.5) is 0 Å². The molecule has 0 unspecified atom stereocenters. The van der Waals surface area contributed by atoms with Gasteiger partial charge in [0.25, 0.3) is 0 Å². The summed E-state index contributed by atoms with van der Waals surface area (Å²) in [5, 5.41) is 4.18. The molecule has 1 N–H and O–H groups in total. The molecule has 0 aliphatic carbocycles. The first kappa shape index (κ1) is 24.4. The maximum atomic E-state index is 12.0. The third-order valence-corrected chi connectivity index (χ3v) is 7.01. The number of nitrogens with one attached hydrogen (secondary N) is 1. The molecule has 0 radical (unpaired) electrons. The van der Waals surface area contributed by atoms with Gasteiger partial charge in [-0.3, -0.25) is 9.88 Å². The quantitative estimate of drug-likeness (QED) is 0.362. The van der Waals surface area contributed by atoms with Crippen molar-refractivity contribution >= 4 is 23.3 Å². The van der Waals surface area contributed by atoms with Crippen LogP contribution < -0.4 is 5.32 Å². The maximum Gasteiger partial charge on any atom is 0.337 e. The third-order valence-electron chi connectivity index (χ3n) is 6.66. The van der Waals surface area contributed by atoms with Gasteiger partial charge in [0.2, 0.25) is 0 Å². The summed E-state index contributed by atoms with van der Waals surface area (Å²) in [5.74, 6) is 1.10. The topological polar surface area (TPSA) is 80.1 Å². The second-order valence-electron chi connectivity index (χ2n) is 8.90. The van der Waals surface area contributed by atoms with Crippen LogP contribution in [0.1, 0.15) is 40.3 Å². The lowest BCUT2D eigenvalue weighted by atomic mass is 10.0. The number of thiocarbonyl (C=S) groups is 1. The first-order valence-corrected chi connectivity index (χ1v) is 12.6. The molecule has 188 valence electrons. The number of nitrogens with zero attached hydrogens (tertiary/aromatic N) is 3. The van der Waals surface area contributed by atoms with Crippen LogP contribution in [0.3, 0.4) is 0 Å². The molecule has 8 nitrogen and oxygen atoms in total. The first-order chi connectivity index (χ1) is 17.6. The number of ether oxygens (including phenoxy) is 2. The summed E-state index contributed by atoms with van der Waals surface area (Å²) < 4.78 is 16.7. The van der Waals surface area contributed by atoms with Gasteiger partial charge in [-0.05, 0) is 55.0 Å². The van der Waals surface area contributed by atoms with Crippen molar-refractivity contribution in [2.24, 2.45) is 0 Å². The van der Waals surface area contributed by atoms with Crippen molar-refractivity contribution in [3.63, 3.8) is 0 Å². The molecule has 0 amide bonds. The van der Waals surface area contributed by atoms with E-state index in [0.29, 0.717) is 16.4 Å². The van der Waals surface area contributed by atoms with Crippen LogP contribution in [-0.4, -0.2) is 72.4 Å². The minimum atomic E-state index is -0.379. The summed E-state index contributed by atoms with van der Waals surface area (Å²) in [5.41, 5.74) is 2.20. The third kappa shape index (κ3) is 5.28. The predicted octanol–water partition coefficient (Wildman–Crippen LogP) is 3.82. The molecule has 36 heavy (non-hydrogen) atoms. The first-order valence-electron chi connectivity index (χ1n) is 12.2. The average Bonchev–Trinajstić information content (AvgIpc) is 3.54. The summed E-state index contributed by atoms with van der Waals surface area (Å²) in [6.45, 7) is 5.31. The zero-order chi connectivity index (χ0) is 24.9. The molecule has 1 aromatic carbocycles. The number of esters is 1. The maximum absolute atomic E-state index is 12.0. The van der Waals surface area contributed by atoms with Crippen LogP contribution >= 0.6 is 12.2 Å². The van der Waals surface area contributed by atoms with Crippen molar-refractivity contribution in [2.45, 2.75) is 18.5 Å². The van der Waals surface area contributed by atoms with Crippen LogP contribution in [-0.2, 0) is 9.47 Å². The molecule has 9 heteroatoms. The van der Waals surface area contributed by atoms with Gasteiger partial charge in [-0.25, -0.2) is 4.79 Å². The minimum Gasteiger partial charge on any atom is -0.465 e. The summed E-state index contributed by atoms with van der Waals surface area (Å²) in [6.07, 6.45) is 2.77. The molecule has 2 aliphatic heterocycles. The highest BCUT2D eigenvalue weighted by atomic mass is 32.1. The highest BCUT2D eigenvalue weighted by Crippen LogP contribution is 2.40. The summed E-state index contributed by atoms with van der Waals surface area (Å²) in [4.78, 5) is 21.2. The van der Waals surface area contributed by atoms with E-state index in [4.69, 9.17) is 26.1 Å². The van der Waals surface area contributed by atoms with E-state index in [2.05, 4.69) is 20.1 Å². The molecule has 2 aliphatic rings. The average molecular weight is 507 g/mol. The molecule has 0 saturated carbocycles. The number of hydrogen-bond donors (Lipinski definition) is 1. The van der Waals surface area contributed by atoms with Crippen molar-refractivity contribution in [3.8, 4) is 11.3 Å². The van der Waals surface area contributed by atoms with Gasteiger partial charge in [0.15, 0.2) is 5.11 Å². The molecular formula is C27H30N4O4S. The number of benzene rings is 1. The van der Waals surface area contributed by atoms with Gasteiger partial charge in [-0.2, -0.15) is 0 Å². The highest BCUT2D eigenvalue weighted by molar-refractivity contribution is 7.80. The van der Waals surface area contributed by atoms with Gasteiger partial charge in [0.1, 0.15) is 17.6 Å². The largest absolute Gasteiger partial charge is 0.465 e. The number of carbonyl (C=O) groups is 1. The molecule has 5 rings (SSSR count). The van der Waals surface area contributed by atoms with Crippen LogP contribution in [0.5, 0.6) is 0 Å². The molecule has 2 aromatic heterocycles. The number of aromatic nitrogens is 1. The van der Waals surface area contributed by atoms with Crippen molar-refractivity contribution < 1.29 is 18.7 Å². The van der Waals surface area contributed by atoms with E-state index in [1.165, 1.54) is 7.11 Å². The lowest BCUT2D eigenvalue weighted by Crippen LogP contribution is -2.38. The molecule has 4 heterocycles. The lowest BCUT2D eigenvalue weighted by molar-refractivity contribution is 0.0365. The number of morpholine rings is 1. The molecule has 2 saturated heterocycles. The van der Waals surface area contributed by atoms with Crippen LogP contribution in [0.2, 0.25) is 0 Å². The number of hydrogen-bond acceptors (Lipinski definition) is 7. The predicted molar refractivity (Wildman–Crippen MR) is 140 cm³/mol. The summed E-state index contributed by atoms with van der Waals surface area (Å²) in [6, 6.07) is 16.8. The zero-order valence-corrected chi connectivity index (χ0v) is 21.1. The number of rotatable bonds is 8. The molecule has 2 atom stereocenters. The van der Waals surface area contributed by atoms with E-state index >= 15 is 0 Å². The zero-order valence-electron chi connectivity index (χ0n) is 20.3. The van der Waals surface area contributed by atoms with Crippen LogP contribution in [0.15, 0.2) is 65.2 Å². The number of methoxy groups -OCH3 is 1. The molecule has 2 fully saturated rings. The van der Waals surface area contributed by atoms with E-state index in [0.717, 1.165) is 62.8 Å². The van der Waals surface area contributed by atoms with Crippen molar-refractivity contribution in [3.05, 3.63) is 77.8 Å². The Balaban J connectivity index is 1.40. The van der Waals surface area contributed by atoms with Gasteiger partial charge in [-0.15, -0.1) is 0 Å². The molecular weight excluding hydrogens is 476 g/mol. The Morgan fingerprint density at radius 1 is 1.14 bits per heavy atom. The minimum absolute atomic E-state index is 0.137. The van der Waals surface area contributed by atoms with E-state index < -0.39 is 0 Å². The fourth-order valence-electron chi connectivity index (χ4n) is 4.83. The Bertz CT molecular complexity index is 1200. The van der Waals surface area contributed by atoms with E-state index in [1.54, 1.807) is 18.3 Å². The van der Waals surface area contributed by atoms with Crippen LogP contribution in [0, 0.1) is 0 Å². The van der Waals surface area contributed by atoms with Crippen molar-refractivity contribution in [2.75, 3.05) is 46.5 Å². The Kier molecular flexibility index (Phi) is 7.60. The summed E-state index contributed by atoms with van der Waals surface area (Å²) >= 11 is 5.78. The lowest BCUT2D eigenvalue weighted by Gasteiger charge is -2.29. The van der Waals surface area contributed by atoms with Crippen LogP contribution in [0.25, 0.3) is 11.3 Å². The Morgan fingerprint density at radius 2 is 2.00 bits per heavy atom. The standard InChI is InChI=1S/C27H30N4O4S/c1-33-26(32)20-7-4-6-19(18-20)22-9-10-23(35-22)25-24(21-8-2-3-11-28-21)29-27(36)31(25)13-5-12-30-14-16-34-17-15-30/h2-4,6-11,18,24-25H,5,12-17H2,1H3,(H,29,36)/t24-,25-/m1/s1. The fourth-order valence-corrected chi connectivity index (χ4v) is 5.16. The Hall–Kier alpha value is -3.27. The van der Waals surface area contributed by atoms with Gasteiger partial charge in [0, 0.05) is 37.9 Å². The monoisotopic (exact) mass is 506 g/mol.